The van der Waals surface area contributed by atoms with Crippen LogP contribution in [0.15, 0.2) is 0 Å². The van der Waals surface area contributed by atoms with E-state index in [0.29, 0.717) is 38.0 Å². The first kappa shape index (κ1) is 46.3. The summed E-state index contributed by atoms with van der Waals surface area (Å²) in [6, 6.07) is -0.710. The van der Waals surface area contributed by atoms with Gasteiger partial charge in [0.1, 0.15) is 54.7 Å². The van der Waals surface area contributed by atoms with Crippen molar-refractivity contribution in [1.82, 2.24) is 10.6 Å². The molecule has 0 aromatic heterocycles. The molecule has 0 aromatic rings. The number of aliphatic hydroxyl groups excluding tert-OH is 7. The predicted molar refractivity (Wildman–Crippen MR) is 186 cm³/mol. The van der Waals surface area contributed by atoms with Crippen LogP contribution in [0.5, 0.6) is 0 Å². The van der Waals surface area contributed by atoms with Crippen molar-refractivity contribution in [2.75, 3.05) is 38.7 Å². The van der Waals surface area contributed by atoms with Gasteiger partial charge < -0.3 is 81.0 Å². The molecule has 51 heavy (non-hydrogen) atoms. The Bertz CT molecular complexity index is 1010. The van der Waals surface area contributed by atoms with Crippen molar-refractivity contribution in [2.24, 2.45) is 11.5 Å². The minimum atomic E-state index is -1.55. The fourth-order valence-electron chi connectivity index (χ4n) is 5.94. The first-order valence-electron chi connectivity index (χ1n) is 17.7. The summed E-state index contributed by atoms with van der Waals surface area (Å²) >= 11 is 4.09. The number of carbonyl (C=O) groups is 1. The molecule has 2 saturated heterocycles. The molecule has 0 aromatic carbocycles. The largest absolute Gasteiger partial charge is 0.394 e. The van der Waals surface area contributed by atoms with Crippen LogP contribution in [0, 0.1) is 0 Å². The summed E-state index contributed by atoms with van der Waals surface area (Å²) in [7, 11) is 0. The monoisotopic (exact) mass is 760 g/mol. The van der Waals surface area contributed by atoms with Crippen molar-refractivity contribution >= 4 is 18.5 Å². The highest BCUT2D eigenvalue weighted by atomic mass is 32.1. The van der Waals surface area contributed by atoms with Crippen LogP contribution in [-0.4, -0.2) is 171 Å². The normalized spacial score (nSPS) is 30.8. The summed E-state index contributed by atoms with van der Waals surface area (Å²) in [6.07, 6.45) is -12.3. The van der Waals surface area contributed by atoms with Crippen molar-refractivity contribution in [3.63, 3.8) is 0 Å². The van der Waals surface area contributed by atoms with E-state index in [1.165, 1.54) is 13.8 Å². The van der Waals surface area contributed by atoms with Gasteiger partial charge in [-0.15, -0.1) is 0 Å². The third-order valence-corrected chi connectivity index (χ3v) is 9.81. The Balaban J connectivity index is 2.07. The first-order valence-corrected chi connectivity index (χ1v) is 18.3. The van der Waals surface area contributed by atoms with Gasteiger partial charge in [-0.1, -0.05) is 13.8 Å². The van der Waals surface area contributed by atoms with Gasteiger partial charge in [-0.05, 0) is 52.2 Å². The minimum Gasteiger partial charge on any atom is -0.394 e. The van der Waals surface area contributed by atoms with Crippen LogP contribution in [0.25, 0.3) is 0 Å². The van der Waals surface area contributed by atoms with Gasteiger partial charge in [0.15, 0.2) is 12.5 Å². The topological polar surface area (TPSA) is 290 Å². The lowest BCUT2D eigenvalue weighted by atomic mass is 9.78. The van der Waals surface area contributed by atoms with Crippen LogP contribution in [0.4, 0.5) is 0 Å². The van der Waals surface area contributed by atoms with Crippen molar-refractivity contribution in [2.45, 2.75) is 158 Å². The summed E-state index contributed by atoms with van der Waals surface area (Å²) in [4.78, 5) is 11.8. The van der Waals surface area contributed by atoms with Gasteiger partial charge >= 0.3 is 0 Å². The molecule has 0 bridgehead atoms. The molecular weight excluding hydrogens is 696 g/mol. The predicted octanol–water partition coefficient (Wildman–Crippen LogP) is -3.24. The van der Waals surface area contributed by atoms with Gasteiger partial charge in [0.05, 0.1) is 50.3 Å². The highest BCUT2D eigenvalue weighted by Crippen LogP contribution is 2.40. The van der Waals surface area contributed by atoms with E-state index in [0.717, 1.165) is 0 Å². The number of nitrogens with one attached hydrogen (secondary N) is 2. The highest BCUT2D eigenvalue weighted by molar-refractivity contribution is 7.80. The second-order valence-electron chi connectivity index (χ2n) is 13.5. The molecule has 2 rings (SSSR count). The van der Waals surface area contributed by atoms with Gasteiger partial charge in [0, 0.05) is 13.0 Å². The van der Waals surface area contributed by atoms with Crippen LogP contribution in [-0.2, 0) is 33.2 Å². The average molecular weight is 761 g/mol. The summed E-state index contributed by atoms with van der Waals surface area (Å²) in [5.74, 6) is 0.511. The molecule has 1 amide bonds. The Hall–Kier alpha value is -0.820. The lowest BCUT2D eigenvalue weighted by Gasteiger charge is -2.60. The zero-order valence-corrected chi connectivity index (χ0v) is 31.3. The minimum absolute atomic E-state index is 0.0949. The summed E-state index contributed by atoms with van der Waals surface area (Å²) in [5, 5.41) is 78.4. The van der Waals surface area contributed by atoms with Gasteiger partial charge in [0.25, 0.3) is 0 Å². The molecule has 0 spiro atoms. The lowest BCUT2D eigenvalue weighted by Crippen LogP contribution is -2.84. The maximum Gasteiger partial charge on any atom is 0.220 e. The molecule has 13 N–H and O–H groups in total. The quantitative estimate of drug-likeness (QED) is 0.0234. The molecule has 2 fully saturated rings. The Kier molecular flexibility index (Phi) is 19.9. The number of hydrogen-bond acceptors (Lipinski definition) is 18. The van der Waals surface area contributed by atoms with E-state index in [9.17, 15) is 40.5 Å². The molecule has 0 radical (unpaired) electrons. The van der Waals surface area contributed by atoms with Gasteiger partial charge in [-0.2, -0.15) is 12.6 Å². The summed E-state index contributed by atoms with van der Waals surface area (Å²) in [5.41, 5.74) is 9.05. The number of carbonyl (C=O) groups excluding carboxylic acids is 1. The standard InChI is InChI=1S/C32H64N4O14S/c1-6-31(5,27(28(33)43)48-19(14-37)17(3)38)46-16-21-24(41)25(42)23-26(49-21)32(7-2,36-23)47-15-20(18(4)39)50-30(29(34)44)45-12-9-11-35-22(40)10-8-13-51/h17-21,23-30,36-39,41-44,51H,6-16,33-34H2,1-5H3,(H,35,40). The Morgan fingerprint density at radius 3 is 2.24 bits per heavy atom. The molecular formula is C32H64N4O14S. The maximum atomic E-state index is 11.8. The number of amides is 1. The number of rotatable bonds is 26. The van der Waals surface area contributed by atoms with Crippen LogP contribution in [0.1, 0.15) is 66.7 Å². The van der Waals surface area contributed by atoms with Crippen molar-refractivity contribution in [3.05, 3.63) is 0 Å². The number of fused-ring (bicyclic) bond motifs is 1. The Morgan fingerprint density at radius 1 is 1.04 bits per heavy atom. The lowest BCUT2D eigenvalue weighted by molar-refractivity contribution is -0.330. The van der Waals surface area contributed by atoms with E-state index in [1.807, 2.05) is 6.92 Å². The molecule has 302 valence electrons. The number of thiol groups is 1. The zero-order chi connectivity index (χ0) is 38.5. The second kappa shape index (κ2) is 21.9. The van der Waals surface area contributed by atoms with E-state index in [-0.39, 0.29) is 32.1 Å². The molecule has 15 unspecified atom stereocenters. The Morgan fingerprint density at radius 2 is 1.71 bits per heavy atom. The van der Waals surface area contributed by atoms with E-state index >= 15 is 0 Å². The SMILES string of the molecule is CCC(C)(OCC1OC2C(NC2(CC)OCC(OC(OCCCNC(=O)CCCS)C(N)O)C(C)O)C(O)C1O)C(OC(CO)C(C)O)C(N)O. The summed E-state index contributed by atoms with van der Waals surface area (Å²) < 4.78 is 35.8. The van der Waals surface area contributed by atoms with Crippen molar-refractivity contribution in [1.29, 1.82) is 0 Å². The van der Waals surface area contributed by atoms with Crippen LogP contribution < -0.4 is 22.1 Å². The average Bonchev–Trinajstić information content (AvgIpc) is 3.07. The van der Waals surface area contributed by atoms with Gasteiger partial charge in [-0.25, -0.2) is 0 Å². The molecule has 0 saturated carbocycles. The van der Waals surface area contributed by atoms with E-state index in [2.05, 4.69) is 23.3 Å². The van der Waals surface area contributed by atoms with Crippen molar-refractivity contribution < 1.29 is 69.0 Å². The molecule has 2 aliphatic rings. The van der Waals surface area contributed by atoms with Crippen LogP contribution >= 0.6 is 12.6 Å². The van der Waals surface area contributed by atoms with E-state index in [4.69, 9.17) is 39.9 Å². The fourth-order valence-corrected chi connectivity index (χ4v) is 6.10. The molecule has 2 heterocycles. The number of aliphatic hydroxyl groups is 7. The zero-order valence-electron chi connectivity index (χ0n) is 30.4. The fraction of sp³-hybridized carbons (Fsp3) is 0.969. The van der Waals surface area contributed by atoms with Gasteiger partial charge in [0.2, 0.25) is 5.91 Å². The van der Waals surface area contributed by atoms with Crippen LogP contribution in [0.3, 0.4) is 0 Å². The smallest absolute Gasteiger partial charge is 0.220 e. The molecule has 15 atom stereocenters. The third-order valence-electron chi connectivity index (χ3n) is 9.49. The first-order chi connectivity index (χ1) is 24.0. The van der Waals surface area contributed by atoms with Gasteiger partial charge in [-0.3, -0.25) is 10.1 Å². The van der Waals surface area contributed by atoms with E-state index < -0.39 is 97.7 Å². The van der Waals surface area contributed by atoms with Crippen molar-refractivity contribution in [3.8, 4) is 0 Å². The van der Waals surface area contributed by atoms with Crippen LogP contribution in [0.2, 0.25) is 0 Å². The molecule has 0 aliphatic carbocycles. The maximum absolute atomic E-state index is 11.8. The number of hydrogen-bond donors (Lipinski definition) is 12. The summed E-state index contributed by atoms with van der Waals surface area (Å²) in [6.45, 7) is 7.52. The third kappa shape index (κ3) is 12.9. The Labute approximate surface area is 305 Å². The molecule has 18 nitrogen and oxygen atoms in total. The molecule has 2 aliphatic heterocycles. The number of nitrogens with two attached hydrogens (primary N) is 2. The van der Waals surface area contributed by atoms with E-state index in [1.54, 1.807) is 13.8 Å². The number of ether oxygens (including phenoxy) is 6. The second-order valence-corrected chi connectivity index (χ2v) is 13.9. The molecule has 19 heteroatoms. The highest BCUT2D eigenvalue weighted by Gasteiger charge is 2.63.